The highest BCUT2D eigenvalue weighted by Gasteiger charge is 2.38. The zero-order valence-corrected chi connectivity index (χ0v) is 10.7. The van der Waals surface area contributed by atoms with Gasteiger partial charge in [-0.3, -0.25) is 4.90 Å². The third-order valence-corrected chi connectivity index (χ3v) is 4.58. The van der Waals surface area contributed by atoms with E-state index < -0.39 is 0 Å². The summed E-state index contributed by atoms with van der Waals surface area (Å²) in [4.78, 5) is 2.70. The summed E-state index contributed by atoms with van der Waals surface area (Å²) in [5, 5.41) is 0. The van der Waals surface area contributed by atoms with E-state index in [-0.39, 0.29) is 0 Å². The minimum Gasteiger partial charge on any atom is -0.287 e. The van der Waals surface area contributed by atoms with Crippen LogP contribution in [0.3, 0.4) is 0 Å². The molecule has 3 aliphatic rings. The Hall–Kier alpha value is -1.08. The third-order valence-electron chi connectivity index (χ3n) is 4.58. The monoisotopic (exact) mass is 227 g/mol. The second-order valence-corrected chi connectivity index (χ2v) is 5.47. The Bertz CT molecular complexity index is 409. The van der Waals surface area contributed by atoms with Gasteiger partial charge in [0.05, 0.1) is 0 Å². The lowest BCUT2D eigenvalue weighted by atomic mass is 9.79. The van der Waals surface area contributed by atoms with Gasteiger partial charge in [-0.15, -0.1) is 0 Å². The Balaban J connectivity index is 1.87. The molecule has 0 unspecified atom stereocenters. The van der Waals surface area contributed by atoms with E-state index in [0.29, 0.717) is 18.1 Å². The molecule has 0 spiro atoms. The predicted molar refractivity (Wildman–Crippen MR) is 71.8 cm³/mol. The molecule has 1 saturated heterocycles. The number of piperidine rings is 1. The van der Waals surface area contributed by atoms with Crippen LogP contribution >= 0.6 is 0 Å². The predicted octanol–water partition coefficient (Wildman–Crippen LogP) is 3.79. The van der Waals surface area contributed by atoms with E-state index in [9.17, 15) is 0 Å². The standard InChI is InChI=1S/C16H21N/c1-12(14-6-4-3-5-7-14)17-13(2)15-8-10-16(17)11-9-15/h3-8,10,12-13,15-16H,9,11H2,1-2H3/t12-,13-,15+,16-/m1/s1. The van der Waals surface area contributed by atoms with Gasteiger partial charge in [-0.1, -0.05) is 42.5 Å². The van der Waals surface area contributed by atoms with Crippen LogP contribution in [-0.2, 0) is 0 Å². The van der Waals surface area contributed by atoms with Crippen molar-refractivity contribution >= 4 is 0 Å². The van der Waals surface area contributed by atoms with Crippen LogP contribution in [0.1, 0.15) is 38.3 Å². The van der Waals surface area contributed by atoms with Crippen molar-refractivity contribution in [2.75, 3.05) is 0 Å². The lowest BCUT2D eigenvalue weighted by molar-refractivity contribution is 0.0389. The average Bonchev–Trinajstić information content (AvgIpc) is 2.40. The molecule has 0 amide bonds. The molecule has 90 valence electrons. The van der Waals surface area contributed by atoms with Crippen LogP contribution in [0.4, 0.5) is 0 Å². The van der Waals surface area contributed by atoms with Crippen molar-refractivity contribution in [1.82, 2.24) is 4.90 Å². The highest BCUT2D eigenvalue weighted by Crippen LogP contribution is 2.39. The first-order valence-corrected chi connectivity index (χ1v) is 6.78. The smallest absolute Gasteiger partial charge is 0.0328 e. The molecule has 2 aliphatic heterocycles. The Morgan fingerprint density at radius 2 is 1.88 bits per heavy atom. The van der Waals surface area contributed by atoms with Gasteiger partial charge in [0.1, 0.15) is 0 Å². The first-order valence-electron chi connectivity index (χ1n) is 6.78. The molecule has 1 aromatic carbocycles. The normalized spacial score (nSPS) is 33.9. The van der Waals surface area contributed by atoms with E-state index in [2.05, 4.69) is 61.2 Å². The Kier molecular flexibility index (Phi) is 2.79. The zero-order valence-electron chi connectivity index (χ0n) is 10.7. The van der Waals surface area contributed by atoms with Gasteiger partial charge in [0.15, 0.2) is 0 Å². The fourth-order valence-electron chi connectivity index (χ4n) is 3.54. The van der Waals surface area contributed by atoms with Gasteiger partial charge in [-0.25, -0.2) is 0 Å². The van der Waals surface area contributed by atoms with Gasteiger partial charge in [0.25, 0.3) is 0 Å². The number of hydrogen-bond acceptors (Lipinski definition) is 1. The summed E-state index contributed by atoms with van der Waals surface area (Å²) in [6, 6.07) is 12.8. The fraction of sp³-hybridized carbons (Fsp3) is 0.500. The minimum absolute atomic E-state index is 0.531. The SMILES string of the molecule is C[C@H](c1ccccc1)N1[C@@H]2C=C[C@@H](CC2)[C@H]1C. The van der Waals surface area contributed by atoms with Gasteiger partial charge in [0.2, 0.25) is 0 Å². The van der Waals surface area contributed by atoms with E-state index in [1.54, 1.807) is 0 Å². The molecule has 4 atom stereocenters. The number of hydrogen-bond donors (Lipinski definition) is 0. The lowest BCUT2D eigenvalue weighted by Crippen LogP contribution is -2.52. The average molecular weight is 227 g/mol. The highest BCUT2D eigenvalue weighted by molar-refractivity contribution is 5.21. The summed E-state index contributed by atoms with van der Waals surface area (Å²) >= 11 is 0. The molecule has 0 N–H and O–H groups in total. The van der Waals surface area contributed by atoms with Crippen LogP contribution in [0.15, 0.2) is 42.5 Å². The molecule has 1 nitrogen and oxygen atoms in total. The maximum absolute atomic E-state index is 2.70. The number of fused-ring (bicyclic) bond motifs is 2. The topological polar surface area (TPSA) is 3.24 Å². The molecule has 4 rings (SSSR count). The summed E-state index contributed by atoms with van der Waals surface area (Å²) in [6.07, 6.45) is 7.57. The van der Waals surface area contributed by atoms with Gasteiger partial charge >= 0.3 is 0 Å². The van der Waals surface area contributed by atoms with Crippen LogP contribution in [0.25, 0.3) is 0 Å². The van der Waals surface area contributed by atoms with E-state index in [0.717, 1.165) is 5.92 Å². The van der Waals surface area contributed by atoms with E-state index in [1.165, 1.54) is 18.4 Å². The molecule has 2 heterocycles. The van der Waals surface area contributed by atoms with Crippen LogP contribution < -0.4 is 0 Å². The summed E-state index contributed by atoms with van der Waals surface area (Å²) in [7, 11) is 0. The zero-order chi connectivity index (χ0) is 11.8. The van der Waals surface area contributed by atoms with Crippen molar-refractivity contribution in [2.24, 2.45) is 5.92 Å². The van der Waals surface area contributed by atoms with Gasteiger partial charge in [-0.2, -0.15) is 0 Å². The molecular weight excluding hydrogens is 206 g/mol. The molecule has 1 heteroatoms. The maximum Gasteiger partial charge on any atom is 0.0328 e. The molecule has 1 aliphatic carbocycles. The Labute approximate surface area is 104 Å². The fourth-order valence-corrected chi connectivity index (χ4v) is 3.54. The number of benzene rings is 1. The van der Waals surface area contributed by atoms with Gasteiger partial charge in [-0.05, 0) is 38.2 Å². The molecule has 0 radical (unpaired) electrons. The van der Waals surface area contributed by atoms with E-state index in [4.69, 9.17) is 0 Å². The Morgan fingerprint density at radius 3 is 2.47 bits per heavy atom. The van der Waals surface area contributed by atoms with Crippen LogP contribution in [0.2, 0.25) is 0 Å². The third kappa shape index (κ3) is 1.83. The molecule has 2 bridgehead atoms. The molecule has 0 saturated carbocycles. The first-order chi connectivity index (χ1) is 8.27. The Morgan fingerprint density at radius 1 is 1.12 bits per heavy atom. The van der Waals surface area contributed by atoms with E-state index in [1.807, 2.05) is 0 Å². The summed E-state index contributed by atoms with van der Waals surface area (Å²) < 4.78 is 0. The first kappa shape index (κ1) is 11.0. The number of rotatable bonds is 2. The summed E-state index contributed by atoms with van der Waals surface area (Å²) in [5.41, 5.74) is 1.44. The molecule has 0 aromatic heterocycles. The maximum atomic E-state index is 2.70. The number of nitrogens with zero attached hydrogens (tertiary/aromatic N) is 1. The summed E-state index contributed by atoms with van der Waals surface area (Å²) in [6.45, 7) is 4.74. The van der Waals surface area contributed by atoms with E-state index >= 15 is 0 Å². The molecule has 17 heavy (non-hydrogen) atoms. The van der Waals surface area contributed by atoms with Crippen molar-refractivity contribution < 1.29 is 0 Å². The molecular formula is C16H21N. The van der Waals surface area contributed by atoms with Gasteiger partial charge < -0.3 is 0 Å². The van der Waals surface area contributed by atoms with Crippen molar-refractivity contribution in [1.29, 1.82) is 0 Å². The molecule has 1 aromatic rings. The van der Waals surface area contributed by atoms with Crippen LogP contribution in [0.5, 0.6) is 0 Å². The lowest BCUT2D eigenvalue weighted by Gasteiger charge is -2.49. The van der Waals surface area contributed by atoms with Gasteiger partial charge in [0, 0.05) is 18.1 Å². The van der Waals surface area contributed by atoms with Crippen LogP contribution in [0, 0.1) is 5.92 Å². The second kappa shape index (κ2) is 4.30. The van der Waals surface area contributed by atoms with Crippen molar-refractivity contribution in [3.63, 3.8) is 0 Å². The molecule has 1 fully saturated rings. The van der Waals surface area contributed by atoms with Crippen molar-refractivity contribution in [3.05, 3.63) is 48.0 Å². The largest absolute Gasteiger partial charge is 0.287 e. The van der Waals surface area contributed by atoms with Crippen molar-refractivity contribution in [2.45, 2.75) is 44.8 Å². The second-order valence-electron chi connectivity index (χ2n) is 5.47. The highest BCUT2D eigenvalue weighted by atomic mass is 15.2. The quantitative estimate of drug-likeness (QED) is 0.695. The summed E-state index contributed by atoms with van der Waals surface area (Å²) in [5.74, 6) is 0.770. The minimum atomic E-state index is 0.531. The van der Waals surface area contributed by atoms with Crippen LogP contribution in [-0.4, -0.2) is 17.0 Å². The van der Waals surface area contributed by atoms with Crippen molar-refractivity contribution in [3.8, 4) is 0 Å².